The van der Waals surface area contributed by atoms with Gasteiger partial charge in [0.15, 0.2) is 6.17 Å². The average molecular weight is 404 g/mol. The van der Waals surface area contributed by atoms with Gasteiger partial charge in [-0.2, -0.15) is 0 Å². The molecule has 0 heterocycles. The molecule has 0 aromatic rings. The smallest absolute Gasteiger partial charge is 0.287 e. The van der Waals surface area contributed by atoms with E-state index in [0.29, 0.717) is 19.3 Å². The van der Waals surface area contributed by atoms with Crippen molar-refractivity contribution in [3.8, 4) is 0 Å². The van der Waals surface area contributed by atoms with Gasteiger partial charge in [-0.05, 0) is 19.3 Å². The van der Waals surface area contributed by atoms with Gasteiger partial charge in [-0.1, -0.05) is 65.7 Å². The molecule has 2 atom stereocenters. The SMILES string of the molecule is CCCCCCCC(OP(=O)(OCCCC)OCCCC)C(F)C(F)F. The van der Waals surface area contributed by atoms with Crippen LogP contribution in [-0.2, 0) is 18.1 Å². The molecule has 0 spiro atoms. The van der Waals surface area contributed by atoms with Gasteiger partial charge in [-0.25, -0.2) is 17.7 Å². The summed E-state index contributed by atoms with van der Waals surface area (Å²) in [7, 11) is -4.06. The third kappa shape index (κ3) is 12.3. The molecule has 0 fully saturated rings. The highest BCUT2D eigenvalue weighted by molar-refractivity contribution is 7.48. The van der Waals surface area contributed by atoms with Crippen LogP contribution in [0.25, 0.3) is 0 Å². The van der Waals surface area contributed by atoms with Crippen LogP contribution in [0.2, 0.25) is 0 Å². The first-order valence-electron chi connectivity index (χ1n) is 9.89. The summed E-state index contributed by atoms with van der Waals surface area (Å²) in [5.74, 6) is 0. The first-order valence-corrected chi connectivity index (χ1v) is 11.4. The molecular weight excluding hydrogens is 368 g/mol. The zero-order chi connectivity index (χ0) is 19.8. The first-order chi connectivity index (χ1) is 12.4. The molecular formula is C18H36F3O4P. The molecule has 0 saturated heterocycles. The van der Waals surface area contributed by atoms with Gasteiger partial charge in [0.1, 0.15) is 6.10 Å². The summed E-state index contributed by atoms with van der Waals surface area (Å²) < 4.78 is 68.1. The molecule has 0 aliphatic carbocycles. The standard InChI is InChI=1S/C18H36F3O4P/c1-4-7-10-11-12-13-16(17(19)18(20)21)25-26(22,23-14-8-5-2)24-15-9-6-3/h16-18H,4-15H2,1-3H3. The number of unbranched alkanes of at least 4 members (excludes halogenated alkanes) is 6. The second-order valence-electron chi connectivity index (χ2n) is 6.45. The average Bonchev–Trinajstić information content (AvgIpc) is 2.60. The largest absolute Gasteiger partial charge is 0.475 e. The summed E-state index contributed by atoms with van der Waals surface area (Å²) in [5, 5.41) is 0. The van der Waals surface area contributed by atoms with E-state index in [1.54, 1.807) is 0 Å². The van der Waals surface area contributed by atoms with Crippen LogP contribution in [0.15, 0.2) is 0 Å². The van der Waals surface area contributed by atoms with Crippen molar-refractivity contribution in [2.75, 3.05) is 13.2 Å². The van der Waals surface area contributed by atoms with Crippen molar-refractivity contribution in [3.63, 3.8) is 0 Å². The van der Waals surface area contributed by atoms with Crippen LogP contribution >= 0.6 is 7.82 Å². The van der Waals surface area contributed by atoms with Crippen LogP contribution in [0.1, 0.15) is 85.0 Å². The molecule has 0 N–H and O–H groups in total. The van der Waals surface area contributed by atoms with Gasteiger partial charge in [0.25, 0.3) is 6.43 Å². The molecule has 2 unspecified atom stereocenters. The van der Waals surface area contributed by atoms with E-state index in [0.717, 1.165) is 38.5 Å². The van der Waals surface area contributed by atoms with Gasteiger partial charge in [0.05, 0.1) is 13.2 Å². The number of rotatable bonds is 18. The third-order valence-corrected chi connectivity index (χ3v) is 5.47. The maximum atomic E-state index is 14.0. The van der Waals surface area contributed by atoms with E-state index in [1.807, 2.05) is 13.8 Å². The Morgan fingerprint density at radius 3 is 1.73 bits per heavy atom. The van der Waals surface area contributed by atoms with E-state index in [2.05, 4.69) is 6.92 Å². The van der Waals surface area contributed by atoms with Gasteiger partial charge in [0, 0.05) is 0 Å². The second kappa shape index (κ2) is 15.9. The second-order valence-corrected chi connectivity index (χ2v) is 8.07. The van der Waals surface area contributed by atoms with Crippen LogP contribution in [0.4, 0.5) is 13.2 Å². The highest BCUT2D eigenvalue weighted by atomic mass is 31.2. The van der Waals surface area contributed by atoms with E-state index < -0.39 is 26.5 Å². The fourth-order valence-corrected chi connectivity index (χ4v) is 3.74. The molecule has 0 rings (SSSR count). The van der Waals surface area contributed by atoms with Crippen molar-refractivity contribution in [2.45, 2.75) is 104 Å². The van der Waals surface area contributed by atoms with Gasteiger partial charge in [-0.3, -0.25) is 13.6 Å². The minimum Gasteiger partial charge on any atom is -0.287 e. The summed E-state index contributed by atoms with van der Waals surface area (Å²) in [5.41, 5.74) is 0. The Kier molecular flexibility index (Phi) is 15.8. The number of halogens is 3. The fraction of sp³-hybridized carbons (Fsp3) is 1.00. The van der Waals surface area contributed by atoms with Crippen molar-refractivity contribution >= 4 is 7.82 Å². The van der Waals surface area contributed by atoms with E-state index in [-0.39, 0.29) is 19.6 Å². The number of phosphoric ester groups is 1. The lowest BCUT2D eigenvalue weighted by Gasteiger charge is -2.26. The molecule has 0 amide bonds. The van der Waals surface area contributed by atoms with E-state index >= 15 is 0 Å². The number of alkyl halides is 3. The third-order valence-electron chi connectivity index (χ3n) is 3.95. The van der Waals surface area contributed by atoms with Crippen LogP contribution in [0, 0.1) is 0 Å². The summed E-state index contributed by atoms with van der Waals surface area (Å²) >= 11 is 0. The zero-order valence-corrected chi connectivity index (χ0v) is 17.3. The summed E-state index contributed by atoms with van der Waals surface area (Å²) in [6.45, 7) is 6.17. The Morgan fingerprint density at radius 2 is 1.27 bits per heavy atom. The highest BCUT2D eigenvalue weighted by Gasteiger charge is 2.38. The van der Waals surface area contributed by atoms with Crippen LogP contribution in [0.5, 0.6) is 0 Å². The molecule has 0 saturated carbocycles. The van der Waals surface area contributed by atoms with Crippen molar-refractivity contribution < 1.29 is 31.3 Å². The number of hydrogen-bond donors (Lipinski definition) is 0. The Bertz CT molecular complexity index is 358. The van der Waals surface area contributed by atoms with E-state index in [4.69, 9.17) is 13.6 Å². The van der Waals surface area contributed by atoms with Gasteiger partial charge in [0.2, 0.25) is 0 Å². The lowest BCUT2D eigenvalue weighted by Crippen LogP contribution is -2.31. The monoisotopic (exact) mass is 404 g/mol. The molecule has 26 heavy (non-hydrogen) atoms. The molecule has 0 aliphatic rings. The van der Waals surface area contributed by atoms with Gasteiger partial charge >= 0.3 is 7.82 Å². The summed E-state index contributed by atoms with van der Waals surface area (Å²) in [4.78, 5) is 0. The summed E-state index contributed by atoms with van der Waals surface area (Å²) in [6.07, 6.45) is 0.0765. The molecule has 8 heteroatoms. The minimum absolute atomic E-state index is 0.0630. The molecule has 0 bridgehead atoms. The Morgan fingerprint density at radius 1 is 0.769 bits per heavy atom. The van der Waals surface area contributed by atoms with Crippen molar-refractivity contribution in [1.29, 1.82) is 0 Å². The molecule has 158 valence electrons. The Balaban J connectivity index is 4.86. The highest BCUT2D eigenvalue weighted by Crippen LogP contribution is 2.52. The normalized spacial score (nSPS) is 14.7. The van der Waals surface area contributed by atoms with Gasteiger partial charge < -0.3 is 0 Å². The molecule has 0 aliphatic heterocycles. The molecule has 0 aromatic heterocycles. The van der Waals surface area contributed by atoms with Crippen LogP contribution in [-0.4, -0.2) is 31.9 Å². The Hall–Kier alpha value is -0.100. The lowest BCUT2D eigenvalue weighted by molar-refractivity contribution is -0.0383. The van der Waals surface area contributed by atoms with Crippen LogP contribution < -0.4 is 0 Å². The predicted molar refractivity (Wildman–Crippen MR) is 98.5 cm³/mol. The van der Waals surface area contributed by atoms with Gasteiger partial charge in [-0.15, -0.1) is 0 Å². The molecule has 0 aromatic carbocycles. The lowest BCUT2D eigenvalue weighted by atomic mass is 10.1. The quantitative estimate of drug-likeness (QED) is 0.181. The van der Waals surface area contributed by atoms with Crippen molar-refractivity contribution in [2.24, 2.45) is 0 Å². The number of phosphoric acid groups is 1. The summed E-state index contributed by atoms with van der Waals surface area (Å²) in [6, 6.07) is 0. The van der Waals surface area contributed by atoms with Crippen molar-refractivity contribution in [1.82, 2.24) is 0 Å². The first kappa shape index (κ1) is 25.9. The molecule has 4 nitrogen and oxygen atoms in total. The topological polar surface area (TPSA) is 44.8 Å². The minimum atomic E-state index is -4.06. The molecule has 0 radical (unpaired) electrons. The number of hydrogen-bond acceptors (Lipinski definition) is 4. The van der Waals surface area contributed by atoms with Crippen molar-refractivity contribution in [3.05, 3.63) is 0 Å². The van der Waals surface area contributed by atoms with E-state index in [9.17, 15) is 17.7 Å². The maximum absolute atomic E-state index is 14.0. The fourth-order valence-electron chi connectivity index (χ4n) is 2.29. The maximum Gasteiger partial charge on any atom is 0.475 e. The zero-order valence-electron chi connectivity index (χ0n) is 16.4. The Labute approximate surface area is 156 Å². The van der Waals surface area contributed by atoms with E-state index in [1.165, 1.54) is 0 Å². The van der Waals surface area contributed by atoms with Crippen LogP contribution in [0.3, 0.4) is 0 Å². The predicted octanol–water partition coefficient (Wildman–Crippen LogP) is 7.08.